The molecule has 3 rings (SSSR count). The van der Waals surface area contributed by atoms with Crippen LogP contribution in [-0.2, 0) is 13.0 Å². The Morgan fingerprint density at radius 2 is 1.92 bits per heavy atom. The maximum atomic E-state index is 12.4. The maximum Gasteiger partial charge on any atom is 0.317 e. The van der Waals surface area contributed by atoms with Gasteiger partial charge in [-0.1, -0.05) is 6.92 Å². The van der Waals surface area contributed by atoms with E-state index in [9.17, 15) is 4.79 Å². The van der Waals surface area contributed by atoms with Gasteiger partial charge in [-0.25, -0.2) is 4.79 Å². The van der Waals surface area contributed by atoms with Crippen LogP contribution in [0.25, 0.3) is 0 Å². The highest BCUT2D eigenvalue weighted by Gasteiger charge is 2.27. The van der Waals surface area contributed by atoms with Gasteiger partial charge in [-0.2, -0.15) is 11.8 Å². The Bertz CT molecular complexity index is 553. The van der Waals surface area contributed by atoms with Crippen molar-refractivity contribution in [3.63, 3.8) is 0 Å². The van der Waals surface area contributed by atoms with Crippen LogP contribution < -0.4 is 5.32 Å². The topological polar surface area (TPSA) is 74.5 Å². The molecule has 1 aromatic heterocycles. The zero-order valence-corrected chi connectivity index (χ0v) is 16.1. The third kappa shape index (κ3) is 5.10. The highest BCUT2D eigenvalue weighted by molar-refractivity contribution is 7.99. The first-order valence-electron chi connectivity index (χ1n) is 9.30. The Labute approximate surface area is 153 Å². The summed E-state index contributed by atoms with van der Waals surface area (Å²) >= 11 is 2.07. The summed E-state index contributed by atoms with van der Waals surface area (Å²) in [5, 5.41) is 11.1. The molecule has 2 aliphatic rings. The molecule has 8 heteroatoms. The van der Waals surface area contributed by atoms with Crippen LogP contribution in [0.5, 0.6) is 0 Å². The summed E-state index contributed by atoms with van der Waals surface area (Å²) in [6, 6.07) is 0.952. The summed E-state index contributed by atoms with van der Waals surface area (Å²) in [7, 11) is 1.76. The Morgan fingerprint density at radius 3 is 2.56 bits per heavy atom. The van der Waals surface area contributed by atoms with E-state index >= 15 is 0 Å². The van der Waals surface area contributed by atoms with Crippen molar-refractivity contribution in [1.82, 2.24) is 25.3 Å². The van der Waals surface area contributed by atoms with Crippen LogP contribution in [0.4, 0.5) is 4.79 Å². The Morgan fingerprint density at radius 1 is 1.24 bits per heavy atom. The zero-order chi connectivity index (χ0) is 17.6. The van der Waals surface area contributed by atoms with E-state index in [1.54, 1.807) is 11.9 Å². The van der Waals surface area contributed by atoms with Crippen LogP contribution in [0, 0.1) is 0 Å². The van der Waals surface area contributed by atoms with Gasteiger partial charge >= 0.3 is 6.03 Å². The summed E-state index contributed by atoms with van der Waals surface area (Å²) in [5.41, 5.74) is 0. The number of nitrogens with one attached hydrogen (secondary N) is 1. The molecule has 0 bridgehead atoms. The smallest absolute Gasteiger partial charge is 0.317 e. The molecule has 2 amide bonds. The lowest BCUT2D eigenvalue weighted by atomic mass is 10.0. The lowest BCUT2D eigenvalue weighted by Gasteiger charge is -2.39. The number of amides is 2. The number of hydrogen-bond donors (Lipinski definition) is 1. The zero-order valence-electron chi connectivity index (χ0n) is 15.2. The van der Waals surface area contributed by atoms with Crippen molar-refractivity contribution in [1.29, 1.82) is 0 Å². The van der Waals surface area contributed by atoms with E-state index in [4.69, 9.17) is 4.42 Å². The minimum absolute atomic E-state index is 0.0660. The summed E-state index contributed by atoms with van der Waals surface area (Å²) in [6.45, 7) is 4.49. The van der Waals surface area contributed by atoms with E-state index in [0.717, 1.165) is 32.0 Å². The van der Waals surface area contributed by atoms with Crippen molar-refractivity contribution in [3.8, 4) is 0 Å². The number of piperidine rings is 1. The fourth-order valence-corrected chi connectivity index (χ4v) is 4.60. The van der Waals surface area contributed by atoms with Crippen LogP contribution >= 0.6 is 11.8 Å². The second kappa shape index (κ2) is 8.89. The molecule has 140 valence electrons. The average molecular weight is 368 g/mol. The monoisotopic (exact) mass is 367 g/mol. The number of carbonyl (C=O) groups excluding carboxylic acids is 1. The fraction of sp³-hybridized carbons (Fsp3) is 0.824. The number of carbonyl (C=O) groups is 1. The number of nitrogens with zero attached hydrogens (tertiary/aromatic N) is 4. The van der Waals surface area contributed by atoms with Gasteiger partial charge in [0, 0.05) is 38.6 Å². The van der Waals surface area contributed by atoms with E-state index in [2.05, 4.69) is 32.2 Å². The maximum absolute atomic E-state index is 12.4. The van der Waals surface area contributed by atoms with Crippen molar-refractivity contribution in [2.45, 2.75) is 57.7 Å². The molecule has 2 aliphatic heterocycles. The fourth-order valence-electron chi connectivity index (χ4n) is 3.51. The highest BCUT2D eigenvalue weighted by atomic mass is 32.2. The third-order valence-electron chi connectivity index (χ3n) is 5.09. The van der Waals surface area contributed by atoms with E-state index in [0.29, 0.717) is 24.7 Å². The summed E-state index contributed by atoms with van der Waals surface area (Å²) in [4.78, 5) is 16.6. The molecule has 7 nitrogen and oxygen atoms in total. The van der Waals surface area contributed by atoms with Gasteiger partial charge in [0.1, 0.15) is 6.54 Å². The van der Waals surface area contributed by atoms with E-state index in [1.807, 2.05) is 6.92 Å². The third-order valence-corrected chi connectivity index (χ3v) is 6.14. The number of likely N-dealkylation sites (tertiary alicyclic amines) is 1. The number of aryl methyl sites for hydroxylation is 1. The molecule has 1 aromatic rings. The predicted molar refractivity (Wildman–Crippen MR) is 98.6 cm³/mol. The predicted octanol–water partition coefficient (Wildman–Crippen LogP) is 2.13. The quantitative estimate of drug-likeness (QED) is 0.859. The number of urea groups is 1. The van der Waals surface area contributed by atoms with Gasteiger partial charge < -0.3 is 19.5 Å². The largest absolute Gasteiger partial charge is 0.423 e. The summed E-state index contributed by atoms with van der Waals surface area (Å²) < 4.78 is 5.47. The molecule has 2 saturated heterocycles. The van der Waals surface area contributed by atoms with Crippen molar-refractivity contribution < 1.29 is 9.21 Å². The molecule has 25 heavy (non-hydrogen) atoms. The molecule has 0 atom stereocenters. The Kier molecular flexibility index (Phi) is 6.58. The first-order chi connectivity index (χ1) is 12.2. The Hall–Kier alpha value is -1.28. The molecule has 1 N–H and O–H groups in total. The Balaban J connectivity index is 1.40. The molecular weight excluding hydrogens is 338 g/mol. The normalized spacial score (nSPS) is 20.6. The molecule has 0 spiro atoms. The lowest BCUT2D eigenvalue weighted by molar-refractivity contribution is 0.133. The summed E-state index contributed by atoms with van der Waals surface area (Å²) in [5.74, 6) is 3.68. The standard InChI is InChI=1S/C17H29N5O2S/c1-3-15-19-20-16(24-15)12-21(2)17(23)18-13-4-8-22(9-5-13)14-6-10-25-11-7-14/h13-14H,3-12H2,1-2H3,(H,18,23). The van der Waals surface area contributed by atoms with Crippen LogP contribution in [0.3, 0.4) is 0 Å². The van der Waals surface area contributed by atoms with Gasteiger partial charge in [-0.15, -0.1) is 10.2 Å². The average Bonchev–Trinajstić information content (AvgIpc) is 3.10. The van der Waals surface area contributed by atoms with Crippen LogP contribution in [-0.4, -0.2) is 69.8 Å². The number of hydrogen-bond acceptors (Lipinski definition) is 6. The minimum atomic E-state index is -0.0660. The van der Waals surface area contributed by atoms with Gasteiger partial charge in [0.2, 0.25) is 11.8 Å². The van der Waals surface area contributed by atoms with Crippen molar-refractivity contribution in [2.75, 3.05) is 31.6 Å². The van der Waals surface area contributed by atoms with Crippen molar-refractivity contribution >= 4 is 17.8 Å². The first kappa shape index (κ1) is 18.5. The van der Waals surface area contributed by atoms with Gasteiger partial charge in [0.25, 0.3) is 0 Å². The molecule has 0 radical (unpaired) electrons. The minimum Gasteiger partial charge on any atom is -0.423 e. The van der Waals surface area contributed by atoms with Crippen LogP contribution in [0.15, 0.2) is 4.42 Å². The van der Waals surface area contributed by atoms with Gasteiger partial charge in [0.15, 0.2) is 0 Å². The SMILES string of the molecule is CCc1nnc(CN(C)C(=O)NC2CCN(C3CCSCC3)CC2)o1. The van der Waals surface area contributed by atoms with Gasteiger partial charge in [-0.05, 0) is 37.2 Å². The number of aromatic nitrogens is 2. The van der Waals surface area contributed by atoms with Crippen molar-refractivity contribution in [3.05, 3.63) is 11.8 Å². The van der Waals surface area contributed by atoms with E-state index < -0.39 is 0 Å². The van der Waals surface area contributed by atoms with Gasteiger partial charge in [0.05, 0.1) is 0 Å². The lowest BCUT2D eigenvalue weighted by Crippen LogP contribution is -2.50. The van der Waals surface area contributed by atoms with E-state index in [1.165, 1.54) is 24.3 Å². The summed E-state index contributed by atoms with van der Waals surface area (Å²) in [6.07, 6.45) is 5.40. The molecular formula is C17H29N5O2S. The first-order valence-corrected chi connectivity index (χ1v) is 10.5. The molecule has 3 heterocycles. The van der Waals surface area contributed by atoms with E-state index in [-0.39, 0.29) is 12.1 Å². The number of rotatable bonds is 5. The second-order valence-electron chi connectivity index (χ2n) is 6.90. The molecule has 0 aliphatic carbocycles. The van der Waals surface area contributed by atoms with Crippen LogP contribution in [0.1, 0.15) is 44.4 Å². The van der Waals surface area contributed by atoms with Gasteiger partial charge in [-0.3, -0.25) is 0 Å². The molecule has 0 saturated carbocycles. The second-order valence-corrected chi connectivity index (χ2v) is 8.13. The molecule has 2 fully saturated rings. The highest BCUT2D eigenvalue weighted by Crippen LogP contribution is 2.24. The molecule has 0 aromatic carbocycles. The van der Waals surface area contributed by atoms with Crippen molar-refractivity contribution in [2.24, 2.45) is 0 Å². The van der Waals surface area contributed by atoms with Crippen LogP contribution in [0.2, 0.25) is 0 Å². The molecule has 0 unspecified atom stereocenters. The number of thioether (sulfide) groups is 1.